The molecule has 0 radical (unpaired) electrons. The SMILES string of the molecule is S=C(NCCCn1cc(Cl)cn1)Nc1ccc(Br)cc1. The second kappa shape index (κ2) is 7.61. The molecular formula is C13H14BrClN4S. The van der Waals surface area contributed by atoms with Gasteiger partial charge in [-0.05, 0) is 42.9 Å². The van der Waals surface area contributed by atoms with Gasteiger partial charge >= 0.3 is 0 Å². The molecule has 0 aliphatic heterocycles. The lowest BCUT2D eigenvalue weighted by atomic mass is 10.3. The maximum Gasteiger partial charge on any atom is 0.170 e. The van der Waals surface area contributed by atoms with Crippen LogP contribution in [0.15, 0.2) is 41.1 Å². The molecule has 0 saturated carbocycles. The Morgan fingerprint density at radius 3 is 2.75 bits per heavy atom. The fourth-order valence-electron chi connectivity index (χ4n) is 1.61. The summed E-state index contributed by atoms with van der Waals surface area (Å²) in [5.74, 6) is 0. The van der Waals surface area contributed by atoms with Gasteiger partial charge in [0.2, 0.25) is 0 Å². The van der Waals surface area contributed by atoms with Gasteiger partial charge in [0.25, 0.3) is 0 Å². The highest BCUT2D eigenvalue weighted by Gasteiger charge is 1.98. The van der Waals surface area contributed by atoms with E-state index in [9.17, 15) is 0 Å². The van der Waals surface area contributed by atoms with Crippen molar-refractivity contribution in [2.45, 2.75) is 13.0 Å². The van der Waals surface area contributed by atoms with E-state index in [0.717, 1.165) is 29.7 Å². The standard InChI is InChI=1S/C13H14BrClN4S/c14-10-2-4-12(5-3-10)18-13(20)16-6-1-7-19-9-11(15)8-17-19/h2-5,8-9H,1,6-7H2,(H2,16,18,20). The van der Waals surface area contributed by atoms with Crippen molar-refractivity contribution in [3.8, 4) is 0 Å². The quantitative estimate of drug-likeness (QED) is 0.620. The van der Waals surface area contributed by atoms with Crippen LogP contribution in [-0.4, -0.2) is 21.4 Å². The Balaban J connectivity index is 1.66. The summed E-state index contributed by atoms with van der Waals surface area (Å²) in [4.78, 5) is 0. The highest BCUT2D eigenvalue weighted by molar-refractivity contribution is 9.10. The van der Waals surface area contributed by atoms with E-state index >= 15 is 0 Å². The molecule has 0 aliphatic carbocycles. The van der Waals surface area contributed by atoms with Crippen LogP contribution < -0.4 is 10.6 Å². The Morgan fingerprint density at radius 2 is 2.10 bits per heavy atom. The molecule has 2 rings (SSSR count). The monoisotopic (exact) mass is 372 g/mol. The Hall–Kier alpha value is -1.11. The molecule has 0 unspecified atom stereocenters. The van der Waals surface area contributed by atoms with E-state index in [4.69, 9.17) is 23.8 Å². The van der Waals surface area contributed by atoms with Crippen LogP contribution in [0.3, 0.4) is 0 Å². The smallest absolute Gasteiger partial charge is 0.170 e. The Labute approximate surface area is 136 Å². The van der Waals surface area contributed by atoms with Gasteiger partial charge in [0.05, 0.1) is 11.2 Å². The molecule has 20 heavy (non-hydrogen) atoms. The topological polar surface area (TPSA) is 41.9 Å². The minimum Gasteiger partial charge on any atom is -0.362 e. The molecule has 1 aromatic heterocycles. The van der Waals surface area contributed by atoms with Gasteiger partial charge in [-0.15, -0.1) is 0 Å². The number of nitrogens with one attached hydrogen (secondary N) is 2. The first-order valence-electron chi connectivity index (χ1n) is 6.12. The lowest BCUT2D eigenvalue weighted by molar-refractivity contribution is 0.574. The summed E-state index contributed by atoms with van der Waals surface area (Å²) in [6, 6.07) is 7.85. The molecule has 2 N–H and O–H groups in total. The molecule has 106 valence electrons. The molecule has 0 fully saturated rings. The largest absolute Gasteiger partial charge is 0.362 e. The highest BCUT2D eigenvalue weighted by Crippen LogP contribution is 2.13. The molecule has 0 saturated heterocycles. The molecule has 0 spiro atoms. The number of hydrogen-bond acceptors (Lipinski definition) is 2. The minimum absolute atomic E-state index is 0.617. The molecule has 1 heterocycles. The molecule has 4 nitrogen and oxygen atoms in total. The van der Waals surface area contributed by atoms with E-state index in [1.54, 1.807) is 12.4 Å². The average Bonchev–Trinajstić information content (AvgIpc) is 2.83. The zero-order chi connectivity index (χ0) is 14.4. The van der Waals surface area contributed by atoms with Gasteiger partial charge in [0.15, 0.2) is 5.11 Å². The van der Waals surface area contributed by atoms with Crippen molar-refractivity contribution < 1.29 is 0 Å². The first-order chi connectivity index (χ1) is 9.63. The van der Waals surface area contributed by atoms with Crippen molar-refractivity contribution in [2.24, 2.45) is 0 Å². The maximum atomic E-state index is 5.79. The van der Waals surface area contributed by atoms with E-state index in [2.05, 4.69) is 31.7 Å². The average molecular weight is 374 g/mol. The fraction of sp³-hybridized carbons (Fsp3) is 0.231. The molecule has 0 atom stereocenters. The predicted molar refractivity (Wildman–Crippen MR) is 90.2 cm³/mol. The Bertz CT molecular complexity index is 570. The Morgan fingerprint density at radius 1 is 1.35 bits per heavy atom. The van der Waals surface area contributed by atoms with Crippen molar-refractivity contribution in [1.29, 1.82) is 0 Å². The van der Waals surface area contributed by atoms with Crippen LogP contribution in [0.1, 0.15) is 6.42 Å². The first kappa shape index (κ1) is 15.3. The summed E-state index contributed by atoms with van der Waals surface area (Å²) in [7, 11) is 0. The second-order valence-electron chi connectivity index (χ2n) is 4.16. The van der Waals surface area contributed by atoms with E-state index in [0.29, 0.717) is 10.1 Å². The molecule has 0 bridgehead atoms. The molecule has 2 aromatic rings. The summed E-state index contributed by atoms with van der Waals surface area (Å²) in [6.45, 7) is 1.58. The van der Waals surface area contributed by atoms with Crippen molar-refractivity contribution >= 4 is 50.5 Å². The fourth-order valence-corrected chi connectivity index (χ4v) is 2.25. The van der Waals surface area contributed by atoms with Crippen LogP contribution in [0, 0.1) is 0 Å². The number of halogens is 2. The number of nitrogens with zero attached hydrogens (tertiary/aromatic N) is 2. The number of hydrogen-bond donors (Lipinski definition) is 2. The van der Waals surface area contributed by atoms with Gasteiger partial charge in [0, 0.05) is 29.4 Å². The van der Waals surface area contributed by atoms with Gasteiger partial charge in [-0.1, -0.05) is 27.5 Å². The summed E-state index contributed by atoms with van der Waals surface area (Å²) in [6.07, 6.45) is 4.36. The summed E-state index contributed by atoms with van der Waals surface area (Å²) < 4.78 is 2.86. The number of aromatic nitrogens is 2. The molecule has 0 aliphatic rings. The number of rotatable bonds is 5. The molecule has 7 heteroatoms. The third-order valence-corrected chi connectivity index (χ3v) is 3.52. The number of anilines is 1. The zero-order valence-electron chi connectivity index (χ0n) is 10.6. The normalized spacial score (nSPS) is 10.3. The van der Waals surface area contributed by atoms with Gasteiger partial charge < -0.3 is 10.6 Å². The van der Waals surface area contributed by atoms with Crippen molar-refractivity contribution in [3.05, 3.63) is 46.2 Å². The van der Waals surface area contributed by atoms with E-state index in [1.165, 1.54) is 0 Å². The zero-order valence-corrected chi connectivity index (χ0v) is 13.8. The number of aryl methyl sites for hydroxylation is 1. The van der Waals surface area contributed by atoms with Crippen LogP contribution in [-0.2, 0) is 6.54 Å². The van der Waals surface area contributed by atoms with Crippen LogP contribution in [0.5, 0.6) is 0 Å². The lowest BCUT2D eigenvalue weighted by Gasteiger charge is -2.10. The maximum absolute atomic E-state index is 5.79. The Kier molecular flexibility index (Phi) is 5.82. The third-order valence-electron chi connectivity index (χ3n) is 2.55. The van der Waals surface area contributed by atoms with Crippen LogP contribution in [0.4, 0.5) is 5.69 Å². The van der Waals surface area contributed by atoms with E-state index < -0.39 is 0 Å². The highest BCUT2D eigenvalue weighted by atomic mass is 79.9. The van der Waals surface area contributed by atoms with E-state index in [-0.39, 0.29) is 0 Å². The third kappa shape index (κ3) is 5.11. The molecular weight excluding hydrogens is 360 g/mol. The van der Waals surface area contributed by atoms with Crippen LogP contribution in [0.2, 0.25) is 5.02 Å². The van der Waals surface area contributed by atoms with Crippen molar-refractivity contribution in [2.75, 3.05) is 11.9 Å². The minimum atomic E-state index is 0.617. The van der Waals surface area contributed by atoms with Crippen molar-refractivity contribution in [1.82, 2.24) is 15.1 Å². The van der Waals surface area contributed by atoms with Crippen LogP contribution in [0.25, 0.3) is 0 Å². The van der Waals surface area contributed by atoms with E-state index in [1.807, 2.05) is 28.9 Å². The first-order valence-corrected chi connectivity index (χ1v) is 7.70. The predicted octanol–water partition coefficient (Wildman–Crippen LogP) is 3.68. The summed E-state index contributed by atoms with van der Waals surface area (Å²) >= 11 is 14.4. The summed E-state index contributed by atoms with van der Waals surface area (Å²) in [5.41, 5.74) is 0.963. The number of benzene rings is 1. The second-order valence-corrected chi connectivity index (χ2v) is 5.92. The van der Waals surface area contributed by atoms with Gasteiger partial charge in [-0.3, -0.25) is 4.68 Å². The number of thiocarbonyl (C=S) groups is 1. The van der Waals surface area contributed by atoms with Gasteiger partial charge in [0.1, 0.15) is 0 Å². The van der Waals surface area contributed by atoms with Gasteiger partial charge in [-0.2, -0.15) is 5.10 Å². The van der Waals surface area contributed by atoms with Crippen LogP contribution >= 0.6 is 39.7 Å². The van der Waals surface area contributed by atoms with Crippen molar-refractivity contribution in [3.63, 3.8) is 0 Å². The molecule has 1 aromatic carbocycles. The van der Waals surface area contributed by atoms with Gasteiger partial charge in [-0.25, -0.2) is 0 Å². The lowest BCUT2D eigenvalue weighted by Crippen LogP contribution is -2.29. The summed E-state index contributed by atoms with van der Waals surface area (Å²) in [5, 5.41) is 11.7. The molecule has 0 amide bonds.